The van der Waals surface area contributed by atoms with Crippen LogP contribution < -0.4 is 5.73 Å². The van der Waals surface area contributed by atoms with E-state index >= 15 is 0 Å². The molecule has 0 radical (unpaired) electrons. The van der Waals surface area contributed by atoms with Gasteiger partial charge in [-0.15, -0.1) is 0 Å². The van der Waals surface area contributed by atoms with Gasteiger partial charge < -0.3 is 10.5 Å². The molecule has 0 aromatic carbocycles. The molecule has 0 saturated carbocycles. The summed E-state index contributed by atoms with van der Waals surface area (Å²) >= 11 is 4.84. The second-order valence-corrected chi connectivity index (χ2v) is 3.93. The van der Waals surface area contributed by atoms with Crippen molar-refractivity contribution in [2.24, 2.45) is 5.73 Å². The first kappa shape index (κ1) is 11.4. The molecule has 0 aliphatic carbocycles. The molecule has 1 aliphatic rings. The third kappa shape index (κ3) is 2.92. The molecule has 5 heteroatoms. The number of cyclic esters (lactones) is 1. The van der Waals surface area contributed by atoms with Crippen molar-refractivity contribution in [3.05, 3.63) is 0 Å². The van der Waals surface area contributed by atoms with Crippen LogP contribution in [0.25, 0.3) is 0 Å². The molecule has 80 valence electrons. The van der Waals surface area contributed by atoms with Gasteiger partial charge in [0, 0.05) is 13.0 Å². The molecule has 1 heterocycles. The molecular weight excluding hydrogens is 200 g/mol. The summed E-state index contributed by atoms with van der Waals surface area (Å²) < 4.78 is 4.91. The van der Waals surface area contributed by atoms with Gasteiger partial charge in [0.05, 0.1) is 11.6 Å². The lowest BCUT2D eigenvalue weighted by Gasteiger charge is -2.24. The first-order valence-corrected chi connectivity index (χ1v) is 5.25. The van der Waals surface area contributed by atoms with Crippen LogP contribution in [0.5, 0.6) is 0 Å². The predicted molar refractivity (Wildman–Crippen MR) is 58.0 cm³/mol. The highest BCUT2D eigenvalue weighted by molar-refractivity contribution is 7.80. The van der Waals surface area contributed by atoms with Crippen LogP contribution in [0.15, 0.2) is 0 Å². The topological polar surface area (TPSA) is 55.6 Å². The third-order valence-electron chi connectivity index (χ3n) is 2.22. The first-order chi connectivity index (χ1) is 6.65. The highest BCUT2D eigenvalue weighted by Crippen LogP contribution is 2.14. The van der Waals surface area contributed by atoms with Crippen LogP contribution in [0.1, 0.15) is 19.8 Å². The Morgan fingerprint density at radius 3 is 2.93 bits per heavy atom. The van der Waals surface area contributed by atoms with Crippen molar-refractivity contribution in [2.75, 3.05) is 19.7 Å². The zero-order chi connectivity index (χ0) is 10.6. The molecule has 1 saturated heterocycles. The van der Waals surface area contributed by atoms with Crippen molar-refractivity contribution in [1.29, 1.82) is 0 Å². The van der Waals surface area contributed by atoms with Crippen LogP contribution in [0.2, 0.25) is 0 Å². The Morgan fingerprint density at radius 1 is 1.79 bits per heavy atom. The summed E-state index contributed by atoms with van der Waals surface area (Å²) in [7, 11) is 0. The normalized spacial score (nSPS) is 21.3. The van der Waals surface area contributed by atoms with E-state index in [1.165, 1.54) is 0 Å². The van der Waals surface area contributed by atoms with Gasteiger partial charge in [-0.1, -0.05) is 19.1 Å². The monoisotopic (exact) mass is 216 g/mol. The number of ether oxygens (including phenoxy) is 1. The molecule has 1 aliphatic heterocycles. The van der Waals surface area contributed by atoms with Gasteiger partial charge in [-0.2, -0.15) is 0 Å². The molecule has 1 fully saturated rings. The van der Waals surface area contributed by atoms with Crippen molar-refractivity contribution in [2.45, 2.75) is 25.8 Å². The minimum atomic E-state index is -0.144. The number of hydrogen-bond acceptors (Lipinski definition) is 4. The van der Waals surface area contributed by atoms with E-state index in [0.717, 1.165) is 19.4 Å². The number of rotatable bonds is 5. The second-order valence-electron chi connectivity index (χ2n) is 3.41. The fourth-order valence-corrected chi connectivity index (χ4v) is 1.82. The predicted octanol–water partition coefficient (Wildman–Crippen LogP) is 0.300. The van der Waals surface area contributed by atoms with Gasteiger partial charge in [0.25, 0.3) is 0 Å². The Morgan fingerprint density at radius 2 is 2.50 bits per heavy atom. The fraction of sp³-hybridized carbons (Fsp3) is 0.778. The maximum Gasteiger partial charge on any atom is 0.323 e. The summed E-state index contributed by atoms with van der Waals surface area (Å²) in [6.07, 6.45) is 1.73. The van der Waals surface area contributed by atoms with Gasteiger partial charge >= 0.3 is 5.97 Å². The van der Waals surface area contributed by atoms with E-state index in [4.69, 9.17) is 22.7 Å². The van der Waals surface area contributed by atoms with Crippen LogP contribution in [-0.4, -0.2) is 41.6 Å². The van der Waals surface area contributed by atoms with Crippen LogP contribution >= 0.6 is 12.2 Å². The Kier molecular flexibility index (Phi) is 4.28. The average Bonchev–Trinajstić information content (AvgIpc) is 2.50. The van der Waals surface area contributed by atoms with Gasteiger partial charge in [0.1, 0.15) is 6.04 Å². The smallest absolute Gasteiger partial charge is 0.323 e. The van der Waals surface area contributed by atoms with Gasteiger partial charge in [-0.3, -0.25) is 9.69 Å². The fourth-order valence-electron chi connectivity index (χ4n) is 1.65. The van der Waals surface area contributed by atoms with Gasteiger partial charge in [0.2, 0.25) is 0 Å². The largest absolute Gasteiger partial charge is 0.464 e. The highest BCUT2D eigenvalue weighted by atomic mass is 32.1. The van der Waals surface area contributed by atoms with E-state index in [1.807, 2.05) is 4.90 Å². The van der Waals surface area contributed by atoms with Crippen LogP contribution in [0, 0.1) is 0 Å². The number of esters is 1. The Labute approximate surface area is 89.4 Å². The standard InChI is InChI=1S/C9H16N2O2S/c1-2-4-11(6-8(10)14)7-3-5-13-9(7)12/h7H,2-6H2,1H3,(H2,10,14). The van der Waals surface area contributed by atoms with E-state index < -0.39 is 0 Å². The number of carbonyl (C=O) groups is 1. The molecule has 0 aromatic rings. The molecule has 1 atom stereocenters. The van der Waals surface area contributed by atoms with E-state index in [1.54, 1.807) is 0 Å². The van der Waals surface area contributed by atoms with E-state index in [-0.39, 0.29) is 12.0 Å². The lowest BCUT2D eigenvalue weighted by molar-refractivity contribution is -0.142. The summed E-state index contributed by atoms with van der Waals surface area (Å²) in [4.78, 5) is 13.8. The number of carbonyl (C=O) groups excluding carboxylic acids is 1. The van der Waals surface area contributed by atoms with Crippen molar-refractivity contribution in [3.63, 3.8) is 0 Å². The summed E-state index contributed by atoms with van der Waals surface area (Å²) in [5.74, 6) is -0.144. The maximum absolute atomic E-state index is 11.3. The van der Waals surface area contributed by atoms with Gasteiger partial charge in [-0.05, 0) is 13.0 Å². The van der Waals surface area contributed by atoms with Crippen molar-refractivity contribution in [1.82, 2.24) is 4.90 Å². The lowest BCUT2D eigenvalue weighted by atomic mass is 10.2. The highest BCUT2D eigenvalue weighted by Gasteiger charge is 2.31. The Hall–Kier alpha value is -0.680. The molecule has 0 bridgehead atoms. The van der Waals surface area contributed by atoms with E-state index in [2.05, 4.69) is 6.92 Å². The number of hydrogen-bond donors (Lipinski definition) is 1. The number of nitrogens with two attached hydrogens (primary N) is 1. The zero-order valence-corrected chi connectivity index (χ0v) is 9.18. The van der Waals surface area contributed by atoms with Gasteiger partial charge in [0.15, 0.2) is 0 Å². The van der Waals surface area contributed by atoms with Crippen molar-refractivity contribution >= 4 is 23.2 Å². The molecule has 0 spiro atoms. The summed E-state index contributed by atoms with van der Waals surface area (Å²) in [5.41, 5.74) is 5.47. The zero-order valence-electron chi connectivity index (χ0n) is 8.36. The van der Waals surface area contributed by atoms with Crippen molar-refractivity contribution < 1.29 is 9.53 Å². The molecular formula is C9H16N2O2S. The average molecular weight is 216 g/mol. The van der Waals surface area contributed by atoms with Crippen LogP contribution in [0.4, 0.5) is 0 Å². The summed E-state index contributed by atoms with van der Waals surface area (Å²) in [5, 5.41) is 0. The van der Waals surface area contributed by atoms with Gasteiger partial charge in [-0.25, -0.2) is 0 Å². The Bertz CT molecular complexity index is 233. The van der Waals surface area contributed by atoms with Crippen LogP contribution in [-0.2, 0) is 9.53 Å². The number of thiocarbonyl (C=S) groups is 1. The van der Waals surface area contributed by atoms with Crippen molar-refractivity contribution in [3.8, 4) is 0 Å². The van der Waals surface area contributed by atoms with E-state index in [9.17, 15) is 4.79 Å². The first-order valence-electron chi connectivity index (χ1n) is 4.84. The molecule has 0 amide bonds. The second kappa shape index (κ2) is 5.26. The third-order valence-corrected chi connectivity index (χ3v) is 2.35. The van der Waals surface area contributed by atoms with E-state index in [0.29, 0.717) is 18.1 Å². The molecule has 0 aromatic heterocycles. The lowest BCUT2D eigenvalue weighted by Crippen LogP contribution is -2.43. The molecule has 2 N–H and O–H groups in total. The molecule has 14 heavy (non-hydrogen) atoms. The minimum absolute atomic E-state index is 0.142. The summed E-state index contributed by atoms with van der Waals surface area (Å²) in [6.45, 7) is 3.91. The molecule has 1 rings (SSSR count). The minimum Gasteiger partial charge on any atom is -0.464 e. The summed E-state index contributed by atoms with van der Waals surface area (Å²) in [6, 6.07) is -0.142. The SMILES string of the molecule is CCCN(CC(N)=S)C1CCOC1=O. The number of nitrogens with zero attached hydrogens (tertiary/aromatic N) is 1. The molecule has 4 nitrogen and oxygen atoms in total. The quantitative estimate of drug-likeness (QED) is 0.529. The maximum atomic E-state index is 11.3. The molecule has 1 unspecified atom stereocenters. The Balaban J connectivity index is 2.56. The van der Waals surface area contributed by atoms with Crippen LogP contribution in [0.3, 0.4) is 0 Å².